The highest BCUT2D eigenvalue weighted by atomic mass is 35.5. The average molecular weight is 414 g/mol. The van der Waals surface area contributed by atoms with E-state index in [9.17, 15) is 9.18 Å². The number of rotatable bonds is 4. The lowest BCUT2D eigenvalue weighted by molar-refractivity contribution is 0.0691. The molecular weight excluding hydrogens is 397 g/mol. The summed E-state index contributed by atoms with van der Waals surface area (Å²) in [7, 11) is 0. The predicted octanol–water partition coefficient (Wildman–Crippen LogP) is 2.56. The standard InChI is InChI=1S/C19H17ClFN7O/c20-12-8-22-19(23-9-12)26-15-6-11-7-16(15)27(10-11)18(29)13-2-1-3-14(21)17(13)28-24-4-5-25-28/h1-5,8-9,11,15-16H,6-7,10H2,(H,22,23,26)/t11-,15-,16+/m1/s1. The van der Waals surface area contributed by atoms with Gasteiger partial charge in [0.25, 0.3) is 5.91 Å². The molecule has 0 unspecified atom stereocenters. The number of anilines is 1. The molecule has 1 N–H and O–H groups in total. The molecular formula is C19H17ClFN7O. The number of nitrogens with one attached hydrogen (secondary N) is 1. The van der Waals surface area contributed by atoms with E-state index < -0.39 is 5.82 Å². The first-order valence-corrected chi connectivity index (χ1v) is 9.68. The Kier molecular flexibility index (Phi) is 4.39. The first kappa shape index (κ1) is 18.0. The highest BCUT2D eigenvalue weighted by Gasteiger charge is 2.47. The van der Waals surface area contributed by atoms with Crippen molar-refractivity contribution in [3.8, 4) is 5.69 Å². The number of carbonyl (C=O) groups is 1. The van der Waals surface area contributed by atoms with E-state index in [2.05, 4.69) is 25.5 Å². The van der Waals surface area contributed by atoms with Crippen LogP contribution in [0.2, 0.25) is 5.02 Å². The zero-order chi connectivity index (χ0) is 20.0. The lowest BCUT2D eigenvalue weighted by atomic mass is 10.0. The van der Waals surface area contributed by atoms with Gasteiger partial charge in [0.15, 0.2) is 5.82 Å². The highest BCUT2D eigenvalue weighted by molar-refractivity contribution is 6.30. The molecule has 148 valence electrons. The van der Waals surface area contributed by atoms with Gasteiger partial charge >= 0.3 is 0 Å². The summed E-state index contributed by atoms with van der Waals surface area (Å²) in [6.45, 7) is 0.644. The molecule has 2 fully saturated rings. The molecule has 1 aliphatic carbocycles. The van der Waals surface area contributed by atoms with Crippen LogP contribution in [0.4, 0.5) is 10.3 Å². The number of fused-ring (bicyclic) bond motifs is 2. The summed E-state index contributed by atoms with van der Waals surface area (Å²) in [6.07, 6.45) is 7.78. The lowest BCUT2D eigenvalue weighted by Crippen LogP contribution is -2.48. The van der Waals surface area contributed by atoms with Gasteiger partial charge in [-0.1, -0.05) is 17.7 Å². The van der Waals surface area contributed by atoms with Crippen molar-refractivity contribution in [1.29, 1.82) is 0 Å². The van der Waals surface area contributed by atoms with E-state index in [-0.39, 0.29) is 29.2 Å². The number of benzene rings is 1. The van der Waals surface area contributed by atoms with Crippen LogP contribution in [-0.2, 0) is 0 Å². The van der Waals surface area contributed by atoms with Crippen LogP contribution in [0.1, 0.15) is 23.2 Å². The van der Waals surface area contributed by atoms with Crippen molar-refractivity contribution in [2.45, 2.75) is 24.9 Å². The van der Waals surface area contributed by atoms with Crippen molar-refractivity contribution in [2.75, 3.05) is 11.9 Å². The van der Waals surface area contributed by atoms with Gasteiger partial charge in [0, 0.05) is 12.6 Å². The predicted molar refractivity (Wildman–Crippen MR) is 103 cm³/mol. The summed E-state index contributed by atoms with van der Waals surface area (Å²) >= 11 is 5.85. The van der Waals surface area contributed by atoms with Gasteiger partial charge in [-0.15, -0.1) is 4.80 Å². The minimum absolute atomic E-state index is 0.0199. The fraction of sp³-hybridized carbons (Fsp3) is 0.316. The molecule has 29 heavy (non-hydrogen) atoms. The Bertz CT molecular complexity index is 1040. The maximum atomic E-state index is 14.5. The summed E-state index contributed by atoms with van der Waals surface area (Å²) in [5.41, 5.74) is 0.311. The molecule has 1 aromatic carbocycles. The molecule has 0 spiro atoms. The van der Waals surface area contributed by atoms with Crippen LogP contribution in [0.3, 0.4) is 0 Å². The van der Waals surface area contributed by atoms with Gasteiger partial charge in [-0.05, 0) is 30.9 Å². The molecule has 2 aromatic heterocycles. The number of amides is 1. The number of piperidine rings is 1. The fourth-order valence-electron chi connectivity index (χ4n) is 4.34. The molecule has 0 radical (unpaired) electrons. The zero-order valence-corrected chi connectivity index (χ0v) is 16.0. The largest absolute Gasteiger partial charge is 0.349 e. The third-order valence-corrected chi connectivity index (χ3v) is 5.71. The zero-order valence-electron chi connectivity index (χ0n) is 15.2. The topological polar surface area (TPSA) is 88.8 Å². The van der Waals surface area contributed by atoms with Gasteiger partial charge in [-0.25, -0.2) is 14.4 Å². The number of likely N-dealkylation sites (tertiary alicyclic amines) is 1. The van der Waals surface area contributed by atoms with Crippen LogP contribution in [0.25, 0.3) is 5.69 Å². The minimum Gasteiger partial charge on any atom is -0.349 e. The normalized spacial score (nSPS) is 22.8. The number of para-hydroxylation sites is 1. The SMILES string of the molecule is O=C(c1cccc(F)c1-n1nccn1)N1C[C@@H]2C[C@@H](Nc3ncc(Cl)cn3)[C@@H]1C2. The van der Waals surface area contributed by atoms with Crippen molar-refractivity contribution < 1.29 is 9.18 Å². The van der Waals surface area contributed by atoms with E-state index >= 15 is 0 Å². The van der Waals surface area contributed by atoms with Crippen molar-refractivity contribution >= 4 is 23.5 Å². The number of halogens is 2. The number of carbonyl (C=O) groups excluding carboxylic acids is 1. The van der Waals surface area contributed by atoms with E-state index in [1.165, 1.54) is 36.9 Å². The summed E-state index contributed by atoms with van der Waals surface area (Å²) in [6, 6.07) is 4.45. The van der Waals surface area contributed by atoms with Crippen LogP contribution in [0.15, 0.2) is 43.0 Å². The van der Waals surface area contributed by atoms with Crippen molar-refractivity contribution in [2.24, 2.45) is 5.92 Å². The van der Waals surface area contributed by atoms with E-state index in [0.29, 0.717) is 23.4 Å². The van der Waals surface area contributed by atoms with E-state index in [1.807, 2.05) is 4.90 Å². The third kappa shape index (κ3) is 3.21. The first-order valence-electron chi connectivity index (χ1n) is 9.30. The average Bonchev–Trinajstić information content (AvgIpc) is 3.46. The maximum Gasteiger partial charge on any atom is 0.256 e. The van der Waals surface area contributed by atoms with Gasteiger partial charge < -0.3 is 10.2 Å². The molecule has 1 amide bonds. The Morgan fingerprint density at radius 3 is 2.66 bits per heavy atom. The molecule has 1 saturated heterocycles. The van der Waals surface area contributed by atoms with Gasteiger partial charge in [0.05, 0.1) is 41.4 Å². The smallest absolute Gasteiger partial charge is 0.256 e. The Balaban J connectivity index is 1.41. The molecule has 1 aliphatic heterocycles. The summed E-state index contributed by atoms with van der Waals surface area (Å²) in [4.78, 5) is 24.7. The Labute approximate surface area is 170 Å². The summed E-state index contributed by atoms with van der Waals surface area (Å²) in [5.74, 6) is 0.0913. The summed E-state index contributed by atoms with van der Waals surface area (Å²) < 4.78 is 14.5. The van der Waals surface area contributed by atoms with Crippen LogP contribution >= 0.6 is 11.6 Å². The second-order valence-electron chi connectivity index (χ2n) is 7.29. The maximum absolute atomic E-state index is 14.5. The summed E-state index contributed by atoms with van der Waals surface area (Å²) in [5, 5.41) is 11.8. The molecule has 10 heteroatoms. The number of hydrogen-bond donors (Lipinski definition) is 1. The molecule has 2 aliphatic rings. The molecule has 2 bridgehead atoms. The fourth-order valence-corrected chi connectivity index (χ4v) is 4.44. The second kappa shape index (κ2) is 7.07. The van der Waals surface area contributed by atoms with Gasteiger partial charge in [-0.3, -0.25) is 4.79 Å². The number of aromatic nitrogens is 5. The molecule has 8 nitrogen and oxygen atoms in total. The Hall–Kier alpha value is -3.07. The Morgan fingerprint density at radius 1 is 1.17 bits per heavy atom. The van der Waals surface area contributed by atoms with Gasteiger partial charge in [0.1, 0.15) is 5.69 Å². The monoisotopic (exact) mass is 413 g/mol. The van der Waals surface area contributed by atoms with Crippen molar-refractivity contribution in [3.05, 3.63) is 59.4 Å². The van der Waals surface area contributed by atoms with E-state index in [4.69, 9.17) is 11.6 Å². The van der Waals surface area contributed by atoms with Gasteiger partial charge in [-0.2, -0.15) is 10.2 Å². The molecule has 3 aromatic rings. The van der Waals surface area contributed by atoms with Crippen LogP contribution in [0.5, 0.6) is 0 Å². The van der Waals surface area contributed by atoms with E-state index in [1.54, 1.807) is 6.07 Å². The lowest BCUT2D eigenvalue weighted by Gasteiger charge is -2.34. The van der Waals surface area contributed by atoms with E-state index in [0.717, 1.165) is 17.6 Å². The second-order valence-corrected chi connectivity index (χ2v) is 7.73. The molecule has 1 saturated carbocycles. The first-order chi connectivity index (χ1) is 14.1. The highest BCUT2D eigenvalue weighted by Crippen LogP contribution is 2.40. The number of nitrogens with zero attached hydrogens (tertiary/aromatic N) is 6. The van der Waals surface area contributed by atoms with Crippen LogP contribution in [-0.4, -0.2) is 54.4 Å². The van der Waals surface area contributed by atoms with Crippen LogP contribution < -0.4 is 5.32 Å². The number of hydrogen-bond acceptors (Lipinski definition) is 6. The third-order valence-electron chi connectivity index (χ3n) is 5.51. The molecule has 5 rings (SSSR count). The Morgan fingerprint density at radius 2 is 1.93 bits per heavy atom. The molecule has 3 heterocycles. The van der Waals surface area contributed by atoms with Crippen molar-refractivity contribution in [1.82, 2.24) is 29.9 Å². The van der Waals surface area contributed by atoms with Crippen LogP contribution in [0, 0.1) is 11.7 Å². The minimum atomic E-state index is -0.541. The quantitative estimate of drug-likeness (QED) is 0.707. The molecule has 3 atom stereocenters. The van der Waals surface area contributed by atoms with Gasteiger partial charge in [0.2, 0.25) is 5.95 Å². The van der Waals surface area contributed by atoms with Crippen molar-refractivity contribution in [3.63, 3.8) is 0 Å².